The third kappa shape index (κ3) is 5.34. The van der Waals surface area contributed by atoms with Gasteiger partial charge in [-0.3, -0.25) is 4.79 Å². The van der Waals surface area contributed by atoms with E-state index in [0.717, 1.165) is 18.1 Å². The summed E-state index contributed by atoms with van der Waals surface area (Å²) in [6.07, 6.45) is 0.559. The predicted octanol–water partition coefficient (Wildman–Crippen LogP) is 4.61. The zero-order valence-electron chi connectivity index (χ0n) is 13.8. The molecule has 2 N–H and O–H groups in total. The summed E-state index contributed by atoms with van der Waals surface area (Å²) < 4.78 is 18.8. The van der Waals surface area contributed by atoms with E-state index in [4.69, 9.17) is 28.3 Å². The molecule has 0 bridgehead atoms. The molecule has 0 heterocycles. The van der Waals surface area contributed by atoms with Crippen LogP contribution in [-0.2, 0) is 27.2 Å². The lowest BCUT2D eigenvalue weighted by Gasteiger charge is -2.15. The number of carboxylic acid groups (broad SMARTS) is 1. The second kappa shape index (κ2) is 8.87. The van der Waals surface area contributed by atoms with Crippen molar-refractivity contribution in [2.75, 3.05) is 11.9 Å². The fraction of sp³-hybridized carbons (Fsp3) is 0.222. The number of carbonyl (C=O) groups is 2. The van der Waals surface area contributed by atoms with E-state index in [1.54, 1.807) is 12.1 Å². The maximum Gasteiger partial charge on any atom is 0.341 e. The Balaban J connectivity index is 2.31. The number of aryl methyl sites for hydroxylation is 1. The first-order valence-electron chi connectivity index (χ1n) is 7.71. The third-order valence-electron chi connectivity index (χ3n) is 3.54. The maximum atomic E-state index is 14.2. The zero-order chi connectivity index (χ0) is 19.3. The smallest absolute Gasteiger partial charge is 0.341 e. The fourth-order valence-electron chi connectivity index (χ4n) is 2.28. The van der Waals surface area contributed by atoms with Crippen molar-refractivity contribution in [3.63, 3.8) is 0 Å². The maximum absolute atomic E-state index is 14.2. The number of rotatable bonds is 7. The molecule has 2 aromatic carbocycles. The minimum Gasteiger partial charge on any atom is -0.479 e. The number of hydrogen-bond acceptors (Lipinski definition) is 4. The van der Waals surface area contributed by atoms with Gasteiger partial charge in [0.25, 0.3) is 0 Å². The van der Waals surface area contributed by atoms with Crippen LogP contribution in [0.1, 0.15) is 18.1 Å². The van der Waals surface area contributed by atoms with Crippen LogP contribution in [0.4, 0.5) is 15.8 Å². The van der Waals surface area contributed by atoms with Gasteiger partial charge in [0.05, 0.1) is 17.1 Å². The van der Waals surface area contributed by atoms with Crippen LogP contribution in [0.15, 0.2) is 30.3 Å². The average Bonchev–Trinajstić information content (AvgIpc) is 2.57. The Morgan fingerprint density at radius 1 is 1.23 bits per heavy atom. The number of ether oxygens (including phenoxy) is 1. The summed E-state index contributed by atoms with van der Waals surface area (Å²) in [4.78, 5) is 22.4. The van der Waals surface area contributed by atoms with E-state index in [9.17, 15) is 14.0 Å². The lowest BCUT2D eigenvalue weighted by Crippen LogP contribution is -2.15. The summed E-state index contributed by atoms with van der Waals surface area (Å²) in [6.45, 7) is 1.23. The van der Waals surface area contributed by atoms with Gasteiger partial charge in [0, 0.05) is 10.7 Å². The largest absolute Gasteiger partial charge is 0.479 e. The van der Waals surface area contributed by atoms with Crippen molar-refractivity contribution in [2.45, 2.75) is 19.8 Å². The molecule has 8 heteroatoms. The Morgan fingerprint density at radius 3 is 2.58 bits per heavy atom. The molecule has 2 aromatic rings. The number of carbonyl (C=O) groups excluding carboxylic acids is 1. The first-order valence-corrected chi connectivity index (χ1v) is 8.46. The quantitative estimate of drug-likeness (QED) is 0.664. The Labute approximate surface area is 159 Å². The standard InChI is InChI=1S/C18H16Cl2FNO4/c1-2-10-3-4-15(11(5-10)6-17(25)26-9-16(23)24)22-18-13(20)7-12(19)8-14(18)21/h3-5,7-8,22H,2,6,9H2,1H3,(H,23,24). The number of esters is 1. The molecule has 0 aromatic heterocycles. The van der Waals surface area contributed by atoms with E-state index in [0.29, 0.717) is 11.3 Å². The molecule has 0 spiro atoms. The van der Waals surface area contributed by atoms with Crippen molar-refractivity contribution >= 4 is 46.5 Å². The van der Waals surface area contributed by atoms with Crippen molar-refractivity contribution < 1.29 is 23.8 Å². The van der Waals surface area contributed by atoms with E-state index < -0.39 is 24.4 Å². The van der Waals surface area contributed by atoms with E-state index >= 15 is 0 Å². The summed E-state index contributed by atoms with van der Waals surface area (Å²) in [7, 11) is 0. The highest BCUT2D eigenvalue weighted by molar-refractivity contribution is 6.36. The van der Waals surface area contributed by atoms with E-state index in [-0.39, 0.29) is 22.2 Å². The molecule has 2 rings (SSSR count). The monoisotopic (exact) mass is 399 g/mol. The molecule has 0 radical (unpaired) electrons. The number of halogens is 3. The number of aliphatic carboxylic acids is 1. The van der Waals surface area contributed by atoms with E-state index in [2.05, 4.69) is 10.1 Å². The van der Waals surface area contributed by atoms with Gasteiger partial charge in [-0.1, -0.05) is 42.3 Å². The highest BCUT2D eigenvalue weighted by atomic mass is 35.5. The van der Waals surface area contributed by atoms with Crippen LogP contribution < -0.4 is 5.32 Å². The van der Waals surface area contributed by atoms with Gasteiger partial charge in [0.15, 0.2) is 6.61 Å². The predicted molar refractivity (Wildman–Crippen MR) is 97.8 cm³/mol. The van der Waals surface area contributed by atoms with Gasteiger partial charge in [-0.25, -0.2) is 9.18 Å². The molecule has 0 saturated carbocycles. The molecule has 0 fully saturated rings. The second-order valence-electron chi connectivity index (χ2n) is 5.45. The number of anilines is 2. The molecule has 0 aliphatic rings. The summed E-state index contributed by atoms with van der Waals surface area (Å²) in [6, 6.07) is 7.82. The second-order valence-corrected chi connectivity index (χ2v) is 6.29. The highest BCUT2D eigenvalue weighted by Gasteiger charge is 2.15. The van der Waals surface area contributed by atoms with Crippen LogP contribution in [0.5, 0.6) is 0 Å². The molecule has 26 heavy (non-hydrogen) atoms. The first kappa shape index (κ1) is 20.0. The number of carboxylic acids is 1. The molecule has 0 saturated heterocycles. The molecule has 138 valence electrons. The van der Waals surface area contributed by atoms with Crippen LogP contribution in [-0.4, -0.2) is 23.7 Å². The molecule has 0 amide bonds. The van der Waals surface area contributed by atoms with Crippen LogP contribution in [0, 0.1) is 5.82 Å². The fourth-order valence-corrected chi connectivity index (χ4v) is 2.80. The van der Waals surface area contributed by atoms with E-state index in [1.165, 1.54) is 6.07 Å². The first-order chi connectivity index (χ1) is 12.3. The van der Waals surface area contributed by atoms with Gasteiger partial charge in [-0.05, 0) is 35.7 Å². The zero-order valence-corrected chi connectivity index (χ0v) is 15.3. The molecule has 0 aliphatic heterocycles. The number of benzene rings is 2. The Morgan fingerprint density at radius 2 is 1.96 bits per heavy atom. The molecule has 5 nitrogen and oxygen atoms in total. The number of hydrogen-bond donors (Lipinski definition) is 2. The summed E-state index contributed by atoms with van der Waals surface area (Å²) in [5.41, 5.74) is 1.97. The van der Waals surface area contributed by atoms with Gasteiger partial charge in [0.2, 0.25) is 0 Å². The van der Waals surface area contributed by atoms with Gasteiger partial charge in [0.1, 0.15) is 5.82 Å². The van der Waals surface area contributed by atoms with E-state index in [1.807, 2.05) is 13.0 Å². The van der Waals surface area contributed by atoms with Gasteiger partial charge in [-0.15, -0.1) is 0 Å². The Kier molecular flexibility index (Phi) is 6.83. The molecular formula is C18H16Cl2FNO4. The minimum absolute atomic E-state index is 0.0282. The third-order valence-corrected chi connectivity index (χ3v) is 4.05. The normalized spacial score (nSPS) is 10.5. The highest BCUT2D eigenvalue weighted by Crippen LogP contribution is 2.33. The van der Waals surface area contributed by atoms with Crippen LogP contribution in [0.2, 0.25) is 10.0 Å². The summed E-state index contributed by atoms with van der Waals surface area (Å²) in [5, 5.41) is 11.7. The van der Waals surface area contributed by atoms with Crippen molar-refractivity contribution in [3.8, 4) is 0 Å². The topological polar surface area (TPSA) is 75.6 Å². The SMILES string of the molecule is CCc1ccc(Nc2c(F)cc(Cl)cc2Cl)c(CC(=O)OCC(=O)O)c1. The Hall–Kier alpha value is -2.31. The van der Waals surface area contributed by atoms with Gasteiger partial charge in [-0.2, -0.15) is 0 Å². The molecular weight excluding hydrogens is 384 g/mol. The minimum atomic E-state index is -1.24. The molecule has 0 aliphatic carbocycles. The number of nitrogens with one attached hydrogen (secondary N) is 1. The average molecular weight is 400 g/mol. The van der Waals surface area contributed by atoms with Crippen molar-refractivity contribution in [3.05, 3.63) is 57.3 Å². The van der Waals surface area contributed by atoms with Crippen LogP contribution >= 0.6 is 23.2 Å². The summed E-state index contributed by atoms with van der Waals surface area (Å²) in [5.74, 6) is -2.58. The van der Waals surface area contributed by atoms with Crippen molar-refractivity contribution in [1.82, 2.24) is 0 Å². The van der Waals surface area contributed by atoms with Crippen molar-refractivity contribution in [2.24, 2.45) is 0 Å². The summed E-state index contributed by atoms with van der Waals surface area (Å²) >= 11 is 11.8. The van der Waals surface area contributed by atoms with Crippen LogP contribution in [0.25, 0.3) is 0 Å². The van der Waals surface area contributed by atoms with Gasteiger partial charge >= 0.3 is 11.9 Å². The van der Waals surface area contributed by atoms with Crippen molar-refractivity contribution in [1.29, 1.82) is 0 Å². The van der Waals surface area contributed by atoms with Gasteiger partial charge < -0.3 is 15.2 Å². The Bertz CT molecular complexity index is 819. The lowest BCUT2D eigenvalue weighted by atomic mass is 10.0. The lowest BCUT2D eigenvalue weighted by molar-refractivity contribution is -0.154. The van der Waals surface area contributed by atoms with Crippen LogP contribution in [0.3, 0.4) is 0 Å². The molecule has 0 atom stereocenters. The molecule has 0 unspecified atom stereocenters.